The predicted octanol–water partition coefficient (Wildman–Crippen LogP) is 1.07. The molecule has 0 saturated heterocycles. The Labute approximate surface area is 109 Å². The summed E-state index contributed by atoms with van der Waals surface area (Å²) in [5.74, 6) is 7.23. The second-order valence-corrected chi connectivity index (χ2v) is 5.59. The van der Waals surface area contributed by atoms with Gasteiger partial charge in [0.05, 0.1) is 24.2 Å². The molecule has 0 fully saturated rings. The van der Waals surface area contributed by atoms with E-state index in [0.29, 0.717) is 12.2 Å². The Morgan fingerprint density at radius 3 is 2.88 bits per heavy atom. The van der Waals surface area contributed by atoms with Crippen LogP contribution in [0.3, 0.4) is 0 Å². The molecule has 17 heavy (non-hydrogen) atoms. The maximum atomic E-state index is 9.17. The molecule has 0 aromatic carbocycles. The molecule has 0 radical (unpaired) electrons. The second kappa shape index (κ2) is 8.56. The Kier molecular flexibility index (Phi) is 7.33. The lowest BCUT2D eigenvalue weighted by atomic mass is 10.4. The standard InChI is InChI=1S/C12H16O3S2/c13-6-2-1-3-11-4-5-12(17-11)9-16-8-10(15)7-14/h4-5,10,13-15H,2,6-9H2. The molecule has 1 aromatic heterocycles. The molecule has 0 aliphatic rings. The van der Waals surface area contributed by atoms with E-state index >= 15 is 0 Å². The number of thioether (sulfide) groups is 1. The minimum Gasteiger partial charge on any atom is -0.395 e. The molecule has 1 aromatic rings. The molecule has 5 heteroatoms. The number of aliphatic hydroxyl groups is 3. The lowest BCUT2D eigenvalue weighted by Crippen LogP contribution is -2.14. The Bertz CT molecular complexity index is 379. The molecular formula is C12H16O3S2. The molecule has 0 aliphatic heterocycles. The van der Waals surface area contributed by atoms with Gasteiger partial charge in [-0.3, -0.25) is 0 Å². The van der Waals surface area contributed by atoms with E-state index in [2.05, 4.69) is 11.8 Å². The van der Waals surface area contributed by atoms with Crippen LogP contribution < -0.4 is 0 Å². The lowest BCUT2D eigenvalue weighted by molar-refractivity contribution is 0.113. The zero-order chi connectivity index (χ0) is 12.5. The van der Waals surface area contributed by atoms with Crippen LogP contribution in [0.5, 0.6) is 0 Å². The van der Waals surface area contributed by atoms with E-state index in [1.54, 1.807) is 23.1 Å². The zero-order valence-electron chi connectivity index (χ0n) is 9.43. The van der Waals surface area contributed by atoms with Gasteiger partial charge in [0.2, 0.25) is 0 Å². The van der Waals surface area contributed by atoms with Gasteiger partial charge in [-0.05, 0) is 12.1 Å². The van der Waals surface area contributed by atoms with Crippen molar-refractivity contribution >= 4 is 23.1 Å². The fourth-order valence-corrected chi connectivity index (χ4v) is 3.03. The van der Waals surface area contributed by atoms with Crippen molar-refractivity contribution in [2.75, 3.05) is 19.0 Å². The fraction of sp³-hybridized carbons (Fsp3) is 0.500. The summed E-state index contributed by atoms with van der Waals surface area (Å²) >= 11 is 3.22. The molecule has 3 N–H and O–H groups in total. The van der Waals surface area contributed by atoms with Crippen molar-refractivity contribution < 1.29 is 15.3 Å². The van der Waals surface area contributed by atoms with E-state index in [-0.39, 0.29) is 13.2 Å². The topological polar surface area (TPSA) is 60.7 Å². The van der Waals surface area contributed by atoms with Gasteiger partial charge in [0.25, 0.3) is 0 Å². The van der Waals surface area contributed by atoms with Crippen molar-refractivity contribution in [1.29, 1.82) is 0 Å². The molecule has 0 amide bonds. The first kappa shape index (κ1) is 14.6. The lowest BCUT2D eigenvalue weighted by Gasteiger charge is -2.04. The van der Waals surface area contributed by atoms with Crippen molar-refractivity contribution in [3.8, 4) is 11.8 Å². The van der Waals surface area contributed by atoms with Crippen LogP contribution in [0.2, 0.25) is 0 Å². The van der Waals surface area contributed by atoms with Crippen molar-refractivity contribution in [3.05, 3.63) is 21.9 Å². The summed E-state index contributed by atoms with van der Waals surface area (Å²) in [5.41, 5.74) is 0. The number of hydrogen-bond donors (Lipinski definition) is 3. The number of hydrogen-bond acceptors (Lipinski definition) is 5. The SMILES string of the molecule is OCCC#Cc1ccc(CSCC(O)CO)s1. The van der Waals surface area contributed by atoms with E-state index in [1.165, 1.54) is 4.88 Å². The molecule has 3 nitrogen and oxygen atoms in total. The van der Waals surface area contributed by atoms with Crippen LogP contribution in [0.25, 0.3) is 0 Å². The Morgan fingerprint density at radius 1 is 1.35 bits per heavy atom. The average molecular weight is 272 g/mol. The van der Waals surface area contributed by atoms with Gasteiger partial charge in [-0.1, -0.05) is 11.8 Å². The summed E-state index contributed by atoms with van der Waals surface area (Å²) in [4.78, 5) is 2.20. The van der Waals surface area contributed by atoms with Crippen molar-refractivity contribution in [2.45, 2.75) is 18.3 Å². The van der Waals surface area contributed by atoms with E-state index in [0.717, 1.165) is 10.6 Å². The average Bonchev–Trinajstić information content (AvgIpc) is 2.77. The molecule has 1 rings (SSSR count). The highest BCUT2D eigenvalue weighted by atomic mass is 32.2. The van der Waals surface area contributed by atoms with Crippen molar-refractivity contribution in [1.82, 2.24) is 0 Å². The summed E-state index contributed by atoms with van der Waals surface area (Å²) in [6.07, 6.45) is -0.131. The molecule has 0 saturated carbocycles. The quantitative estimate of drug-likeness (QED) is 0.678. The van der Waals surface area contributed by atoms with Gasteiger partial charge in [-0.25, -0.2) is 0 Å². The number of aliphatic hydroxyl groups excluding tert-OH is 3. The summed E-state index contributed by atoms with van der Waals surface area (Å²) in [7, 11) is 0. The maximum absolute atomic E-state index is 9.17. The predicted molar refractivity (Wildman–Crippen MR) is 72.2 cm³/mol. The van der Waals surface area contributed by atoms with Crippen LogP contribution in [0, 0.1) is 11.8 Å². The number of rotatable bonds is 6. The summed E-state index contributed by atoms with van der Waals surface area (Å²) in [6, 6.07) is 3.99. The molecule has 1 unspecified atom stereocenters. The Balaban J connectivity index is 2.34. The highest BCUT2D eigenvalue weighted by Gasteiger charge is 2.03. The van der Waals surface area contributed by atoms with Crippen LogP contribution in [0.1, 0.15) is 16.2 Å². The highest BCUT2D eigenvalue weighted by molar-refractivity contribution is 7.98. The van der Waals surface area contributed by atoms with Crippen LogP contribution in [-0.4, -0.2) is 40.4 Å². The highest BCUT2D eigenvalue weighted by Crippen LogP contribution is 2.21. The molecule has 0 bridgehead atoms. The third-order valence-electron chi connectivity index (χ3n) is 1.88. The minimum absolute atomic E-state index is 0.0974. The van der Waals surface area contributed by atoms with Gasteiger partial charge in [-0.2, -0.15) is 11.8 Å². The molecule has 1 heterocycles. The zero-order valence-corrected chi connectivity index (χ0v) is 11.1. The van der Waals surface area contributed by atoms with Crippen LogP contribution in [-0.2, 0) is 5.75 Å². The first-order valence-corrected chi connectivity index (χ1v) is 7.28. The third-order valence-corrected chi connectivity index (χ3v) is 4.19. The minimum atomic E-state index is -0.635. The first-order valence-electron chi connectivity index (χ1n) is 5.31. The molecule has 1 atom stereocenters. The second-order valence-electron chi connectivity index (χ2n) is 3.39. The summed E-state index contributed by atoms with van der Waals surface area (Å²) in [6.45, 7) is -0.0878. The molecule has 0 spiro atoms. The van der Waals surface area contributed by atoms with Crippen molar-refractivity contribution in [2.24, 2.45) is 0 Å². The smallest absolute Gasteiger partial charge is 0.0861 e. The summed E-state index contributed by atoms with van der Waals surface area (Å²) < 4.78 is 0. The van der Waals surface area contributed by atoms with E-state index in [1.807, 2.05) is 12.1 Å². The maximum Gasteiger partial charge on any atom is 0.0861 e. The van der Waals surface area contributed by atoms with Crippen LogP contribution >= 0.6 is 23.1 Å². The largest absolute Gasteiger partial charge is 0.395 e. The van der Waals surface area contributed by atoms with Gasteiger partial charge >= 0.3 is 0 Å². The Morgan fingerprint density at radius 2 is 2.18 bits per heavy atom. The van der Waals surface area contributed by atoms with Crippen molar-refractivity contribution in [3.63, 3.8) is 0 Å². The van der Waals surface area contributed by atoms with Gasteiger partial charge in [0, 0.05) is 22.8 Å². The van der Waals surface area contributed by atoms with E-state index < -0.39 is 6.10 Å². The van der Waals surface area contributed by atoms with E-state index in [9.17, 15) is 5.11 Å². The van der Waals surface area contributed by atoms with Crippen LogP contribution in [0.15, 0.2) is 12.1 Å². The monoisotopic (exact) mass is 272 g/mol. The van der Waals surface area contributed by atoms with Gasteiger partial charge in [0.15, 0.2) is 0 Å². The fourth-order valence-electron chi connectivity index (χ4n) is 1.08. The third kappa shape index (κ3) is 6.10. The Hall–Kier alpha value is -0.510. The van der Waals surface area contributed by atoms with Gasteiger partial charge in [-0.15, -0.1) is 11.3 Å². The number of thiophene rings is 1. The van der Waals surface area contributed by atoms with E-state index in [4.69, 9.17) is 10.2 Å². The molecular weight excluding hydrogens is 256 g/mol. The normalized spacial score (nSPS) is 11.9. The van der Waals surface area contributed by atoms with Gasteiger partial charge < -0.3 is 15.3 Å². The molecule has 94 valence electrons. The molecule has 0 aliphatic carbocycles. The first-order chi connectivity index (χ1) is 8.26. The van der Waals surface area contributed by atoms with Crippen LogP contribution in [0.4, 0.5) is 0 Å². The summed E-state index contributed by atoms with van der Waals surface area (Å²) in [5, 5.41) is 26.4. The van der Waals surface area contributed by atoms with Gasteiger partial charge in [0.1, 0.15) is 0 Å².